The molecule has 0 saturated carbocycles. The number of hydrogen-bond acceptors (Lipinski definition) is 6. The van der Waals surface area contributed by atoms with Crippen molar-refractivity contribution in [3.8, 4) is 35.3 Å². The molecule has 0 aliphatic heterocycles. The molecular formula is C24H22O6. The number of aromatic hydroxyl groups is 2. The number of methoxy groups -OCH3 is 2. The van der Waals surface area contributed by atoms with Crippen LogP contribution in [-0.4, -0.2) is 35.3 Å². The molecule has 0 aliphatic rings. The first-order valence-corrected chi connectivity index (χ1v) is 8.89. The maximum Gasteiger partial charge on any atom is 0.186 e. The van der Waals surface area contributed by atoms with Crippen molar-refractivity contribution in [3.05, 3.63) is 71.0 Å². The number of rotatable bonds is 8. The third kappa shape index (κ3) is 5.69. The van der Waals surface area contributed by atoms with Crippen molar-refractivity contribution < 1.29 is 29.6 Å². The lowest BCUT2D eigenvalue weighted by Gasteiger charge is -2.05. The van der Waals surface area contributed by atoms with Gasteiger partial charge in [0.25, 0.3) is 0 Å². The van der Waals surface area contributed by atoms with Crippen molar-refractivity contribution in [1.82, 2.24) is 0 Å². The second-order valence-electron chi connectivity index (χ2n) is 6.14. The lowest BCUT2D eigenvalue weighted by Crippen LogP contribution is -2.02. The van der Waals surface area contributed by atoms with Gasteiger partial charge < -0.3 is 24.8 Å². The van der Waals surface area contributed by atoms with Crippen LogP contribution in [0.15, 0.2) is 59.9 Å². The molecule has 3 N–H and O–H groups in total. The Kier molecular flexibility index (Phi) is 7.72. The molecular weight excluding hydrogens is 384 g/mol. The summed E-state index contributed by atoms with van der Waals surface area (Å²) in [5, 5.41) is 29.7. The number of phenols is 2. The summed E-state index contributed by atoms with van der Waals surface area (Å²) in [5.41, 5.74) is 1.33. The van der Waals surface area contributed by atoms with E-state index >= 15 is 0 Å². The highest BCUT2D eigenvalue weighted by molar-refractivity contribution is 6.07. The molecule has 6 heteroatoms. The van der Waals surface area contributed by atoms with Gasteiger partial charge in [0.2, 0.25) is 0 Å². The number of phenolic OH excluding ortho intramolecular Hbond substituents is 2. The van der Waals surface area contributed by atoms with Crippen LogP contribution in [0.25, 0.3) is 12.2 Å². The highest BCUT2D eigenvalue weighted by atomic mass is 16.5. The minimum absolute atomic E-state index is 0.00592. The maximum absolute atomic E-state index is 12.6. The van der Waals surface area contributed by atoms with Crippen molar-refractivity contribution in [2.45, 2.75) is 6.42 Å². The number of carbonyl (C=O) groups is 1. The summed E-state index contributed by atoms with van der Waals surface area (Å²) in [7, 11) is 2.86. The topological polar surface area (TPSA) is 96.2 Å². The van der Waals surface area contributed by atoms with E-state index in [2.05, 4.69) is 5.92 Å². The van der Waals surface area contributed by atoms with Crippen LogP contribution in [0, 0.1) is 12.3 Å². The van der Waals surface area contributed by atoms with Gasteiger partial charge >= 0.3 is 0 Å². The minimum Gasteiger partial charge on any atom is -0.507 e. The smallest absolute Gasteiger partial charge is 0.186 e. The Morgan fingerprint density at radius 1 is 0.967 bits per heavy atom. The Labute approximate surface area is 175 Å². The number of carbonyl (C=O) groups excluding carboxylic acids is 1. The van der Waals surface area contributed by atoms with Crippen LogP contribution >= 0.6 is 0 Å². The number of terminal acetylenes is 1. The van der Waals surface area contributed by atoms with E-state index in [9.17, 15) is 20.1 Å². The summed E-state index contributed by atoms with van der Waals surface area (Å²) in [6.45, 7) is 0. The zero-order chi connectivity index (χ0) is 22.1. The summed E-state index contributed by atoms with van der Waals surface area (Å²) in [4.78, 5) is 12.6. The fourth-order valence-electron chi connectivity index (χ4n) is 2.55. The molecule has 154 valence electrons. The molecule has 30 heavy (non-hydrogen) atoms. The Bertz CT molecular complexity index is 1050. The van der Waals surface area contributed by atoms with Crippen LogP contribution in [0.4, 0.5) is 0 Å². The van der Waals surface area contributed by atoms with E-state index in [0.717, 1.165) is 0 Å². The summed E-state index contributed by atoms with van der Waals surface area (Å²) >= 11 is 0. The molecule has 0 spiro atoms. The SMILES string of the molecule is C#CC/C(C(=O)/C=C/c1ccc(O)c(OC)c1)=C(O)\C=C\c1ccc(O)c(OC)c1. The largest absolute Gasteiger partial charge is 0.507 e. The second kappa shape index (κ2) is 10.4. The standard InChI is InChI=1S/C24H22O6/c1-4-5-18(19(25)10-6-16-8-12-21(27)23(14-16)29-2)20(26)11-7-17-9-13-22(28)24(15-17)30-3/h1,6-15,25,27-28H,5H2,2-3H3/b10-6+,11-7+,19-18-. The van der Waals surface area contributed by atoms with Gasteiger partial charge in [-0.15, -0.1) is 12.3 Å². The molecule has 0 aliphatic carbocycles. The first-order chi connectivity index (χ1) is 14.4. The number of aliphatic hydroxyl groups excluding tert-OH is 1. The van der Waals surface area contributed by atoms with E-state index in [1.807, 2.05) is 0 Å². The molecule has 0 radical (unpaired) electrons. The number of hydrogen-bond donors (Lipinski definition) is 3. The third-order valence-corrected chi connectivity index (χ3v) is 4.15. The summed E-state index contributed by atoms with van der Waals surface area (Å²) in [5.74, 6) is 2.19. The van der Waals surface area contributed by atoms with E-state index in [1.165, 1.54) is 44.6 Å². The van der Waals surface area contributed by atoms with E-state index in [-0.39, 0.29) is 40.8 Å². The van der Waals surface area contributed by atoms with E-state index in [1.54, 1.807) is 30.3 Å². The van der Waals surface area contributed by atoms with Gasteiger partial charge in [-0.25, -0.2) is 0 Å². The lowest BCUT2D eigenvalue weighted by molar-refractivity contribution is -0.111. The molecule has 0 amide bonds. The molecule has 2 aromatic rings. The lowest BCUT2D eigenvalue weighted by atomic mass is 10.0. The molecule has 0 aromatic heterocycles. The summed E-state index contributed by atoms with van der Waals surface area (Å²) in [6, 6.07) is 9.31. The van der Waals surface area contributed by atoms with Gasteiger partial charge in [-0.1, -0.05) is 24.3 Å². The number of benzene rings is 2. The van der Waals surface area contributed by atoms with Crippen molar-refractivity contribution >= 4 is 17.9 Å². The predicted molar refractivity (Wildman–Crippen MR) is 115 cm³/mol. The van der Waals surface area contributed by atoms with Gasteiger partial charge in [0.05, 0.1) is 19.8 Å². The molecule has 6 nitrogen and oxygen atoms in total. The molecule has 0 atom stereocenters. The molecule has 0 fully saturated rings. The first-order valence-electron chi connectivity index (χ1n) is 8.89. The van der Waals surface area contributed by atoms with Gasteiger partial charge in [-0.3, -0.25) is 4.79 Å². The Morgan fingerprint density at radius 2 is 1.47 bits per heavy atom. The maximum atomic E-state index is 12.6. The number of ketones is 1. The molecule has 2 rings (SSSR count). The summed E-state index contributed by atoms with van der Waals surface area (Å²) < 4.78 is 10.1. The highest BCUT2D eigenvalue weighted by Gasteiger charge is 2.11. The Balaban J connectivity index is 2.26. The average molecular weight is 406 g/mol. The number of allylic oxidation sites excluding steroid dienone is 3. The normalized spacial score (nSPS) is 11.9. The average Bonchev–Trinajstić information content (AvgIpc) is 2.75. The van der Waals surface area contributed by atoms with Gasteiger partial charge in [-0.05, 0) is 47.5 Å². The predicted octanol–water partition coefficient (Wildman–Crippen LogP) is 4.25. The van der Waals surface area contributed by atoms with Gasteiger partial charge in [-0.2, -0.15) is 0 Å². The molecule has 0 unspecified atom stereocenters. The highest BCUT2D eigenvalue weighted by Crippen LogP contribution is 2.28. The van der Waals surface area contributed by atoms with Crippen LogP contribution in [0.2, 0.25) is 0 Å². The Morgan fingerprint density at radius 3 is 1.93 bits per heavy atom. The van der Waals surface area contributed by atoms with Crippen LogP contribution in [0.1, 0.15) is 17.5 Å². The van der Waals surface area contributed by atoms with Gasteiger partial charge in [0.1, 0.15) is 5.76 Å². The Hall–Kier alpha value is -4.11. The molecule has 0 heterocycles. The van der Waals surface area contributed by atoms with Crippen LogP contribution in [0.3, 0.4) is 0 Å². The monoisotopic (exact) mass is 406 g/mol. The van der Waals surface area contributed by atoms with Crippen molar-refractivity contribution in [2.24, 2.45) is 0 Å². The first kappa shape index (κ1) is 22.2. The van der Waals surface area contributed by atoms with Gasteiger partial charge in [0.15, 0.2) is 28.8 Å². The summed E-state index contributed by atoms with van der Waals surface area (Å²) in [6.07, 6.45) is 11.0. The fourth-order valence-corrected chi connectivity index (χ4v) is 2.55. The van der Waals surface area contributed by atoms with Crippen molar-refractivity contribution in [1.29, 1.82) is 0 Å². The zero-order valence-electron chi connectivity index (χ0n) is 16.6. The number of ether oxygens (including phenoxy) is 2. The molecule has 0 saturated heterocycles. The van der Waals surface area contributed by atoms with E-state index in [4.69, 9.17) is 15.9 Å². The minimum atomic E-state index is -0.453. The van der Waals surface area contributed by atoms with Gasteiger partial charge in [0, 0.05) is 6.42 Å². The van der Waals surface area contributed by atoms with E-state index < -0.39 is 5.78 Å². The fraction of sp³-hybridized carbons (Fsp3) is 0.125. The molecule has 0 bridgehead atoms. The third-order valence-electron chi connectivity index (χ3n) is 4.15. The van der Waals surface area contributed by atoms with Crippen molar-refractivity contribution in [2.75, 3.05) is 14.2 Å². The van der Waals surface area contributed by atoms with Crippen LogP contribution < -0.4 is 9.47 Å². The van der Waals surface area contributed by atoms with Crippen LogP contribution in [0.5, 0.6) is 23.0 Å². The second-order valence-corrected chi connectivity index (χ2v) is 6.14. The van der Waals surface area contributed by atoms with E-state index in [0.29, 0.717) is 11.1 Å². The van der Waals surface area contributed by atoms with Crippen LogP contribution in [-0.2, 0) is 4.79 Å². The quantitative estimate of drug-likeness (QED) is 0.263. The number of aliphatic hydroxyl groups is 1. The molecule has 2 aromatic carbocycles. The van der Waals surface area contributed by atoms with Crippen molar-refractivity contribution in [3.63, 3.8) is 0 Å². The zero-order valence-corrected chi connectivity index (χ0v) is 16.6.